The second-order valence-corrected chi connectivity index (χ2v) is 12.9. The SMILES string of the molecule is C1=c2nc(-c3cc(-c4nc5ccccc5n4-c4ccccc4)cc(-c4nc5ccccc5n4-c4ccccc4)c3)n(-c3ccccc3)c2=CCC1. The standard InChI is InChI=1S/C45H32N6/c1-4-16-34(17-5-1)49-40-25-13-10-22-37(40)46-43(49)31-28-32(44-47-38-23-11-14-26-41(38)50(44)35-18-6-2-7-19-35)30-33(29-31)45-48-39-24-12-15-27-42(39)51(45)36-20-8-3-9-21-36/h1-11,13-14,16-30H,12,15H2. The van der Waals surface area contributed by atoms with E-state index in [2.05, 4.69) is 159 Å². The number of hydrogen-bond acceptors (Lipinski definition) is 3. The zero-order valence-corrected chi connectivity index (χ0v) is 27.8. The minimum atomic E-state index is 0.855. The lowest BCUT2D eigenvalue weighted by atomic mass is 10.0. The molecule has 0 amide bonds. The van der Waals surface area contributed by atoms with E-state index in [1.165, 1.54) is 0 Å². The highest BCUT2D eigenvalue weighted by Gasteiger charge is 2.22. The highest BCUT2D eigenvalue weighted by atomic mass is 15.1. The molecule has 0 atom stereocenters. The van der Waals surface area contributed by atoms with Crippen LogP contribution in [0.4, 0.5) is 0 Å². The largest absolute Gasteiger partial charge is 0.293 e. The summed E-state index contributed by atoms with van der Waals surface area (Å²) in [6.45, 7) is 0. The number of imidazole rings is 3. The number of benzene rings is 6. The first-order valence-electron chi connectivity index (χ1n) is 17.4. The maximum atomic E-state index is 5.34. The van der Waals surface area contributed by atoms with Crippen LogP contribution in [-0.4, -0.2) is 28.7 Å². The van der Waals surface area contributed by atoms with Gasteiger partial charge in [-0.25, -0.2) is 15.0 Å². The second kappa shape index (κ2) is 12.0. The summed E-state index contributed by atoms with van der Waals surface area (Å²) in [5.74, 6) is 2.59. The quantitative estimate of drug-likeness (QED) is 0.180. The molecule has 0 unspecified atom stereocenters. The Bertz CT molecular complexity index is 2710. The second-order valence-electron chi connectivity index (χ2n) is 12.9. The van der Waals surface area contributed by atoms with Crippen LogP contribution in [0, 0.1) is 0 Å². The molecule has 1 aliphatic carbocycles. The van der Waals surface area contributed by atoms with Gasteiger partial charge in [-0.1, -0.05) is 91.0 Å². The number of nitrogens with zero attached hydrogens (tertiary/aromatic N) is 6. The summed E-state index contributed by atoms with van der Waals surface area (Å²) in [6.07, 6.45) is 6.53. The molecule has 6 heteroatoms. The summed E-state index contributed by atoms with van der Waals surface area (Å²) in [7, 11) is 0. The van der Waals surface area contributed by atoms with Crippen molar-refractivity contribution in [2.45, 2.75) is 12.8 Å². The Morgan fingerprint density at radius 1 is 0.373 bits per heavy atom. The lowest BCUT2D eigenvalue weighted by molar-refractivity contribution is 1.00. The number of fused-ring (bicyclic) bond motifs is 3. The van der Waals surface area contributed by atoms with Crippen molar-refractivity contribution in [1.82, 2.24) is 28.7 Å². The van der Waals surface area contributed by atoms with Gasteiger partial charge in [0.1, 0.15) is 17.5 Å². The Kier molecular flexibility index (Phi) is 6.84. The van der Waals surface area contributed by atoms with Crippen molar-refractivity contribution in [1.29, 1.82) is 0 Å². The normalized spacial score (nSPS) is 12.5. The molecule has 0 saturated heterocycles. The van der Waals surface area contributed by atoms with Crippen molar-refractivity contribution in [2.24, 2.45) is 0 Å². The van der Waals surface area contributed by atoms with Gasteiger partial charge in [-0.05, 0) is 91.7 Å². The average Bonchev–Trinajstić information content (AvgIpc) is 3.91. The summed E-state index contributed by atoms with van der Waals surface area (Å²) in [5.41, 5.74) is 10.1. The molecule has 0 fully saturated rings. The molecule has 0 saturated carbocycles. The Morgan fingerprint density at radius 2 is 0.765 bits per heavy atom. The van der Waals surface area contributed by atoms with Gasteiger partial charge in [0.05, 0.1) is 32.8 Å². The Hall–Kier alpha value is -6.79. The summed E-state index contributed by atoms with van der Waals surface area (Å²) in [4.78, 5) is 15.9. The highest BCUT2D eigenvalue weighted by Crippen LogP contribution is 2.37. The van der Waals surface area contributed by atoms with E-state index in [1.54, 1.807) is 0 Å². The van der Waals surface area contributed by atoms with E-state index in [0.717, 1.165) is 96.8 Å². The average molecular weight is 657 g/mol. The molecule has 6 aromatic carbocycles. The van der Waals surface area contributed by atoms with Gasteiger partial charge in [0.2, 0.25) is 0 Å². The van der Waals surface area contributed by atoms with E-state index in [1.807, 2.05) is 24.3 Å². The third kappa shape index (κ3) is 4.91. The molecule has 0 spiro atoms. The van der Waals surface area contributed by atoms with Crippen molar-refractivity contribution >= 4 is 34.2 Å². The van der Waals surface area contributed by atoms with Crippen LogP contribution in [0.5, 0.6) is 0 Å². The highest BCUT2D eigenvalue weighted by molar-refractivity contribution is 5.88. The number of hydrogen-bond donors (Lipinski definition) is 0. The number of rotatable bonds is 6. The van der Waals surface area contributed by atoms with Gasteiger partial charge >= 0.3 is 0 Å². The lowest BCUT2D eigenvalue weighted by Gasteiger charge is -2.15. The minimum Gasteiger partial charge on any atom is -0.293 e. The van der Waals surface area contributed by atoms with Gasteiger partial charge in [0, 0.05) is 33.8 Å². The molecule has 0 radical (unpaired) electrons. The van der Waals surface area contributed by atoms with Crippen molar-refractivity contribution in [2.75, 3.05) is 0 Å². The van der Waals surface area contributed by atoms with Crippen molar-refractivity contribution in [3.8, 4) is 51.2 Å². The zero-order chi connectivity index (χ0) is 33.7. The van der Waals surface area contributed by atoms with Crippen LogP contribution in [-0.2, 0) is 0 Å². The van der Waals surface area contributed by atoms with E-state index in [0.29, 0.717) is 0 Å². The molecule has 10 rings (SSSR count). The van der Waals surface area contributed by atoms with Gasteiger partial charge in [-0.3, -0.25) is 13.7 Å². The zero-order valence-electron chi connectivity index (χ0n) is 27.8. The Labute approximate surface area is 294 Å². The summed E-state index contributed by atoms with van der Waals surface area (Å²) in [5, 5.41) is 2.14. The van der Waals surface area contributed by atoms with E-state index < -0.39 is 0 Å². The van der Waals surface area contributed by atoms with E-state index in [-0.39, 0.29) is 0 Å². The van der Waals surface area contributed by atoms with Gasteiger partial charge in [0.15, 0.2) is 0 Å². The third-order valence-electron chi connectivity index (χ3n) is 9.66. The smallest absolute Gasteiger partial charge is 0.145 e. The fraction of sp³-hybridized carbons (Fsp3) is 0.0444. The van der Waals surface area contributed by atoms with Gasteiger partial charge in [0.25, 0.3) is 0 Å². The topological polar surface area (TPSA) is 53.5 Å². The van der Waals surface area contributed by atoms with Gasteiger partial charge in [-0.2, -0.15) is 0 Å². The van der Waals surface area contributed by atoms with E-state index >= 15 is 0 Å². The molecule has 6 nitrogen and oxygen atoms in total. The molecular weight excluding hydrogens is 625 g/mol. The molecular formula is C45H32N6. The monoisotopic (exact) mass is 656 g/mol. The fourth-order valence-electron chi connectivity index (χ4n) is 7.40. The molecule has 9 aromatic rings. The van der Waals surface area contributed by atoms with Crippen LogP contribution in [0.3, 0.4) is 0 Å². The lowest BCUT2D eigenvalue weighted by Crippen LogP contribution is -2.31. The first-order valence-corrected chi connectivity index (χ1v) is 17.4. The molecule has 0 N–H and O–H groups in total. The van der Waals surface area contributed by atoms with E-state index in [9.17, 15) is 0 Å². The summed E-state index contributed by atoms with van der Waals surface area (Å²) in [6, 6.07) is 54.9. The maximum Gasteiger partial charge on any atom is 0.145 e. The van der Waals surface area contributed by atoms with Crippen molar-refractivity contribution < 1.29 is 0 Å². The number of para-hydroxylation sites is 7. The van der Waals surface area contributed by atoms with Crippen LogP contribution < -0.4 is 10.7 Å². The molecule has 0 bridgehead atoms. The molecule has 1 aliphatic rings. The van der Waals surface area contributed by atoms with Crippen LogP contribution in [0.1, 0.15) is 12.8 Å². The molecule has 51 heavy (non-hydrogen) atoms. The van der Waals surface area contributed by atoms with Crippen LogP contribution in [0.2, 0.25) is 0 Å². The van der Waals surface area contributed by atoms with Crippen molar-refractivity contribution in [3.05, 3.63) is 168 Å². The molecule has 0 aliphatic heterocycles. The predicted molar refractivity (Wildman–Crippen MR) is 207 cm³/mol. The summed E-state index contributed by atoms with van der Waals surface area (Å²) < 4.78 is 6.82. The fourth-order valence-corrected chi connectivity index (χ4v) is 7.40. The first kappa shape index (κ1) is 29.2. The molecule has 242 valence electrons. The van der Waals surface area contributed by atoms with Crippen molar-refractivity contribution in [3.63, 3.8) is 0 Å². The molecule has 3 heterocycles. The third-order valence-corrected chi connectivity index (χ3v) is 9.66. The van der Waals surface area contributed by atoms with Crippen LogP contribution >= 0.6 is 0 Å². The molecule has 3 aromatic heterocycles. The van der Waals surface area contributed by atoms with E-state index in [4.69, 9.17) is 15.0 Å². The van der Waals surface area contributed by atoms with Crippen LogP contribution in [0.25, 0.3) is 85.4 Å². The van der Waals surface area contributed by atoms with Gasteiger partial charge < -0.3 is 0 Å². The Morgan fingerprint density at radius 3 is 1.25 bits per heavy atom. The number of aromatic nitrogens is 6. The minimum absolute atomic E-state index is 0.855. The van der Waals surface area contributed by atoms with Gasteiger partial charge in [-0.15, -0.1) is 0 Å². The van der Waals surface area contributed by atoms with Crippen LogP contribution in [0.15, 0.2) is 158 Å². The predicted octanol–water partition coefficient (Wildman–Crippen LogP) is 8.91. The first-order chi connectivity index (χ1) is 25.3. The summed E-state index contributed by atoms with van der Waals surface area (Å²) >= 11 is 0. The maximum absolute atomic E-state index is 5.34. The Balaban J connectivity index is 1.31.